The van der Waals surface area contributed by atoms with Crippen LogP contribution >= 0.6 is 0 Å². The molecule has 0 radical (unpaired) electrons. The lowest BCUT2D eigenvalue weighted by Gasteiger charge is -2.24. The number of methoxy groups -OCH3 is 1. The number of nitrogens with zero attached hydrogens (tertiary/aromatic N) is 1. The topological polar surface area (TPSA) is 84.9 Å². The highest BCUT2D eigenvalue weighted by atomic mass is 32.2. The molecule has 0 heterocycles. The maximum Gasteiger partial charge on any atom is 0.241 e. The van der Waals surface area contributed by atoms with E-state index in [4.69, 9.17) is 9.47 Å². The number of sulfonamides is 1. The van der Waals surface area contributed by atoms with Crippen LogP contribution in [0, 0.1) is 6.92 Å². The maximum absolute atomic E-state index is 12.9. The van der Waals surface area contributed by atoms with Crippen molar-refractivity contribution in [2.75, 3.05) is 30.8 Å². The first kappa shape index (κ1) is 26.5. The van der Waals surface area contributed by atoms with Crippen molar-refractivity contribution >= 4 is 21.6 Å². The van der Waals surface area contributed by atoms with E-state index in [9.17, 15) is 13.2 Å². The summed E-state index contributed by atoms with van der Waals surface area (Å²) in [6.45, 7) is 10.3. The van der Waals surface area contributed by atoms with Gasteiger partial charge in [0.25, 0.3) is 0 Å². The summed E-state index contributed by atoms with van der Waals surface area (Å²) in [5, 5.41) is 2.94. The predicted molar refractivity (Wildman–Crippen MR) is 133 cm³/mol. The molecule has 0 spiro atoms. The van der Waals surface area contributed by atoms with Gasteiger partial charge in [0.15, 0.2) is 0 Å². The molecule has 1 N–H and O–H groups in total. The molecule has 0 saturated carbocycles. The molecule has 0 aliphatic heterocycles. The number of anilines is 1. The Balaban J connectivity index is 2.20. The van der Waals surface area contributed by atoms with Gasteiger partial charge in [-0.2, -0.15) is 0 Å². The zero-order valence-corrected chi connectivity index (χ0v) is 21.5. The summed E-state index contributed by atoms with van der Waals surface area (Å²) in [5.41, 5.74) is 3.43. The fraction of sp³-hybridized carbons (Fsp3) is 0.480. The standard InChI is InChI=1S/C25H36N2O5S/c1-8-13-32-21-11-9-20(10-12-21)27(33(7,29)30)16-25(28)26-19(5)23-15-22(17(2)3)24(31-6)14-18(23)4/h9-12,14-15,17,19H,8,13,16H2,1-7H3,(H,26,28)/t19-/m0/s1. The van der Waals surface area contributed by atoms with Gasteiger partial charge in [0.2, 0.25) is 15.9 Å². The van der Waals surface area contributed by atoms with Crippen molar-refractivity contribution in [3.63, 3.8) is 0 Å². The smallest absolute Gasteiger partial charge is 0.241 e. The number of ether oxygens (including phenoxy) is 2. The summed E-state index contributed by atoms with van der Waals surface area (Å²) in [7, 11) is -2.02. The quantitative estimate of drug-likeness (QED) is 0.514. The zero-order chi connectivity index (χ0) is 24.8. The summed E-state index contributed by atoms with van der Waals surface area (Å²) < 4.78 is 37.0. The molecule has 2 aromatic rings. The molecule has 0 aliphatic carbocycles. The Hall–Kier alpha value is -2.74. The molecular formula is C25H36N2O5S. The first-order chi connectivity index (χ1) is 15.5. The highest BCUT2D eigenvalue weighted by Crippen LogP contribution is 2.32. The minimum absolute atomic E-state index is 0.257. The van der Waals surface area contributed by atoms with Crippen LogP contribution in [0.3, 0.4) is 0 Å². The number of benzene rings is 2. The van der Waals surface area contributed by atoms with Gasteiger partial charge < -0.3 is 14.8 Å². The first-order valence-electron chi connectivity index (χ1n) is 11.2. The van der Waals surface area contributed by atoms with Crippen molar-refractivity contribution in [3.8, 4) is 11.5 Å². The summed E-state index contributed by atoms with van der Waals surface area (Å²) >= 11 is 0. The number of aryl methyl sites for hydroxylation is 1. The van der Waals surface area contributed by atoms with Crippen molar-refractivity contribution < 1.29 is 22.7 Å². The minimum Gasteiger partial charge on any atom is -0.496 e. The SMILES string of the molecule is CCCOc1ccc(N(CC(=O)N[C@@H](C)c2cc(C(C)C)c(OC)cc2C)S(C)(=O)=O)cc1. The Morgan fingerprint density at radius 3 is 2.24 bits per heavy atom. The molecule has 0 aliphatic rings. The third-order valence-electron chi connectivity index (χ3n) is 5.37. The number of amides is 1. The predicted octanol–water partition coefficient (Wildman–Crippen LogP) is 4.56. The van der Waals surface area contributed by atoms with Crippen LogP contribution in [0.4, 0.5) is 5.69 Å². The van der Waals surface area contributed by atoms with Crippen LogP contribution < -0.4 is 19.1 Å². The summed E-state index contributed by atoms with van der Waals surface area (Å²) in [6.07, 6.45) is 1.97. The average Bonchev–Trinajstić information content (AvgIpc) is 2.75. The largest absolute Gasteiger partial charge is 0.496 e. The van der Waals surface area contributed by atoms with E-state index in [2.05, 4.69) is 19.2 Å². The average molecular weight is 477 g/mol. The van der Waals surface area contributed by atoms with Crippen LogP contribution in [0.1, 0.15) is 62.8 Å². The number of hydrogen-bond donors (Lipinski definition) is 1. The Morgan fingerprint density at radius 1 is 1.09 bits per heavy atom. The molecule has 0 bridgehead atoms. The van der Waals surface area contributed by atoms with E-state index >= 15 is 0 Å². The van der Waals surface area contributed by atoms with Crippen molar-refractivity contribution in [3.05, 3.63) is 53.1 Å². The van der Waals surface area contributed by atoms with Gasteiger partial charge in [-0.3, -0.25) is 9.10 Å². The van der Waals surface area contributed by atoms with E-state index in [1.165, 1.54) is 0 Å². The molecular weight excluding hydrogens is 440 g/mol. The lowest BCUT2D eigenvalue weighted by atomic mass is 9.93. The van der Waals surface area contributed by atoms with Gasteiger partial charge in [-0.25, -0.2) is 8.42 Å². The normalized spacial score (nSPS) is 12.4. The third kappa shape index (κ3) is 7.12. The van der Waals surface area contributed by atoms with Crippen molar-refractivity contribution in [2.45, 2.75) is 53.0 Å². The summed E-state index contributed by atoms with van der Waals surface area (Å²) in [6, 6.07) is 10.4. The van der Waals surface area contributed by atoms with Crippen molar-refractivity contribution in [1.29, 1.82) is 0 Å². The molecule has 0 saturated heterocycles. The molecule has 7 nitrogen and oxygen atoms in total. The van der Waals surface area contributed by atoms with Crippen LogP contribution in [-0.2, 0) is 14.8 Å². The first-order valence-corrected chi connectivity index (χ1v) is 13.0. The van der Waals surface area contributed by atoms with E-state index < -0.39 is 10.0 Å². The van der Waals surface area contributed by atoms with Crippen LogP contribution in [0.15, 0.2) is 36.4 Å². The summed E-state index contributed by atoms with van der Waals surface area (Å²) in [4.78, 5) is 12.9. The van der Waals surface area contributed by atoms with Gasteiger partial charge in [-0.1, -0.05) is 20.8 Å². The van der Waals surface area contributed by atoms with Crippen LogP contribution in [0.5, 0.6) is 11.5 Å². The molecule has 8 heteroatoms. The number of nitrogens with one attached hydrogen (secondary N) is 1. The summed E-state index contributed by atoms with van der Waals surface area (Å²) in [5.74, 6) is 1.34. The highest BCUT2D eigenvalue weighted by Gasteiger charge is 2.23. The maximum atomic E-state index is 12.9. The monoisotopic (exact) mass is 476 g/mol. The van der Waals surface area contributed by atoms with Gasteiger partial charge >= 0.3 is 0 Å². The highest BCUT2D eigenvalue weighted by molar-refractivity contribution is 7.92. The Morgan fingerprint density at radius 2 is 1.73 bits per heavy atom. The molecule has 2 rings (SSSR count). The second-order valence-corrected chi connectivity index (χ2v) is 10.4. The molecule has 1 amide bonds. The Labute approximate surface area is 198 Å². The minimum atomic E-state index is -3.66. The number of rotatable bonds is 11. The van der Waals surface area contributed by atoms with Crippen LogP contribution in [0.25, 0.3) is 0 Å². The van der Waals surface area contributed by atoms with Crippen LogP contribution in [0.2, 0.25) is 0 Å². The third-order valence-corrected chi connectivity index (χ3v) is 6.51. The second kappa shape index (κ2) is 11.4. The van der Waals surface area contributed by atoms with E-state index in [0.29, 0.717) is 18.0 Å². The molecule has 33 heavy (non-hydrogen) atoms. The fourth-order valence-corrected chi connectivity index (χ4v) is 4.49. The van der Waals surface area contributed by atoms with Crippen LogP contribution in [-0.4, -0.2) is 40.8 Å². The zero-order valence-electron chi connectivity index (χ0n) is 20.6. The Kier molecular flexibility index (Phi) is 9.16. The van der Waals surface area contributed by atoms with Gasteiger partial charge in [-0.05, 0) is 79.3 Å². The van der Waals surface area contributed by atoms with Crippen molar-refractivity contribution in [2.24, 2.45) is 0 Å². The van der Waals surface area contributed by atoms with E-state index in [0.717, 1.165) is 39.4 Å². The number of hydrogen-bond acceptors (Lipinski definition) is 5. The van der Waals surface area contributed by atoms with Crippen molar-refractivity contribution in [1.82, 2.24) is 5.32 Å². The van der Waals surface area contributed by atoms with E-state index in [1.54, 1.807) is 31.4 Å². The molecule has 0 aromatic heterocycles. The molecule has 0 fully saturated rings. The lowest BCUT2D eigenvalue weighted by Crippen LogP contribution is -2.41. The fourth-order valence-electron chi connectivity index (χ4n) is 3.63. The lowest BCUT2D eigenvalue weighted by molar-refractivity contribution is -0.120. The molecule has 1 atom stereocenters. The van der Waals surface area contributed by atoms with E-state index in [-0.39, 0.29) is 24.4 Å². The second-order valence-electron chi connectivity index (χ2n) is 8.51. The molecule has 182 valence electrons. The van der Waals surface area contributed by atoms with Gasteiger partial charge in [0, 0.05) is 0 Å². The van der Waals surface area contributed by atoms with E-state index in [1.807, 2.05) is 32.9 Å². The van der Waals surface area contributed by atoms with Gasteiger partial charge in [0.1, 0.15) is 18.0 Å². The Bertz CT molecular complexity index is 1050. The number of carbonyl (C=O) groups is 1. The molecule has 2 aromatic carbocycles. The molecule has 0 unspecified atom stereocenters. The number of carbonyl (C=O) groups excluding carboxylic acids is 1. The van der Waals surface area contributed by atoms with Gasteiger partial charge in [0.05, 0.1) is 31.7 Å². The van der Waals surface area contributed by atoms with Gasteiger partial charge in [-0.15, -0.1) is 0 Å².